The van der Waals surface area contributed by atoms with Gasteiger partial charge in [0.2, 0.25) is 0 Å². The van der Waals surface area contributed by atoms with E-state index in [0.29, 0.717) is 0 Å². The third-order valence-electron chi connectivity index (χ3n) is 3.47. The van der Waals surface area contributed by atoms with Crippen LogP contribution in [-0.2, 0) is 6.54 Å². The number of fused-ring (bicyclic) bond motifs is 1. The molecule has 18 heavy (non-hydrogen) atoms. The van der Waals surface area contributed by atoms with E-state index in [2.05, 4.69) is 4.98 Å². The van der Waals surface area contributed by atoms with Crippen molar-refractivity contribution in [1.82, 2.24) is 4.98 Å². The molecule has 0 radical (unpaired) electrons. The van der Waals surface area contributed by atoms with E-state index < -0.39 is 0 Å². The van der Waals surface area contributed by atoms with Crippen molar-refractivity contribution in [3.8, 4) is 5.75 Å². The number of nitrogens with one attached hydrogen (secondary N) is 1. The van der Waals surface area contributed by atoms with Gasteiger partial charge in [0.25, 0.3) is 0 Å². The lowest BCUT2D eigenvalue weighted by atomic mass is 10.0. The van der Waals surface area contributed by atoms with Crippen LogP contribution in [0.15, 0.2) is 12.1 Å². The maximum absolute atomic E-state index is 12.5. The molecular formula is C15H20N2O. The zero-order valence-electron chi connectivity index (χ0n) is 11.7. The van der Waals surface area contributed by atoms with Crippen LogP contribution in [0.25, 0.3) is 10.9 Å². The Balaban J connectivity index is 2.75. The van der Waals surface area contributed by atoms with E-state index >= 15 is 0 Å². The van der Waals surface area contributed by atoms with E-state index in [-0.39, 0.29) is 5.75 Å². The summed E-state index contributed by atoms with van der Waals surface area (Å²) in [5.41, 5.74) is 4.85. The first-order valence-corrected chi connectivity index (χ1v) is 6.27. The van der Waals surface area contributed by atoms with Crippen molar-refractivity contribution in [2.45, 2.75) is 27.3 Å². The van der Waals surface area contributed by atoms with E-state index in [1.807, 2.05) is 47.0 Å². The Bertz CT molecular complexity index is 603. The van der Waals surface area contributed by atoms with Gasteiger partial charge in [0, 0.05) is 11.3 Å². The lowest BCUT2D eigenvalue weighted by Gasteiger charge is -2.21. The topological polar surface area (TPSA) is 40.4 Å². The molecule has 1 aromatic heterocycles. The first kappa shape index (κ1) is 12.8. The summed E-state index contributed by atoms with van der Waals surface area (Å²) in [4.78, 5) is 5.87. The first-order valence-electron chi connectivity index (χ1n) is 6.27. The number of rotatable bonds is 2. The average molecular weight is 244 g/mol. The van der Waals surface area contributed by atoms with Gasteiger partial charge in [0.15, 0.2) is 0 Å². The Morgan fingerprint density at radius 1 is 1.17 bits per heavy atom. The van der Waals surface area contributed by atoms with E-state index in [1.165, 1.54) is 10.5 Å². The minimum Gasteiger partial charge on any atom is -0.872 e. The molecule has 0 spiro atoms. The molecule has 0 saturated heterocycles. The summed E-state index contributed by atoms with van der Waals surface area (Å²) >= 11 is 0. The molecule has 0 amide bonds. The molecule has 2 aromatic rings. The number of hydrogen-bond donors (Lipinski definition) is 1. The van der Waals surface area contributed by atoms with Crippen LogP contribution in [0.1, 0.15) is 22.4 Å². The second kappa shape index (κ2) is 4.58. The number of pyridine rings is 1. The minimum atomic E-state index is 0.141. The highest BCUT2D eigenvalue weighted by Crippen LogP contribution is 2.29. The van der Waals surface area contributed by atoms with Crippen molar-refractivity contribution in [2.75, 3.05) is 14.1 Å². The van der Waals surface area contributed by atoms with E-state index in [9.17, 15) is 5.11 Å². The fourth-order valence-corrected chi connectivity index (χ4v) is 2.25. The van der Waals surface area contributed by atoms with Gasteiger partial charge in [-0.2, -0.15) is 0 Å². The molecule has 0 aliphatic rings. The summed E-state index contributed by atoms with van der Waals surface area (Å²) in [6.45, 7) is 6.73. The molecule has 0 unspecified atom stereocenters. The average Bonchev–Trinajstić information content (AvgIpc) is 2.29. The fraction of sp³-hybridized carbons (Fsp3) is 0.400. The maximum atomic E-state index is 12.5. The van der Waals surface area contributed by atoms with Crippen molar-refractivity contribution < 1.29 is 10.0 Å². The van der Waals surface area contributed by atoms with Crippen LogP contribution in [0.2, 0.25) is 0 Å². The molecule has 1 N–H and O–H groups in total. The van der Waals surface area contributed by atoms with Crippen LogP contribution in [0.5, 0.6) is 5.75 Å². The minimum absolute atomic E-state index is 0.141. The molecule has 0 aliphatic heterocycles. The van der Waals surface area contributed by atoms with Gasteiger partial charge in [-0.25, -0.2) is 0 Å². The fourth-order valence-electron chi connectivity index (χ4n) is 2.25. The van der Waals surface area contributed by atoms with Crippen LogP contribution in [-0.4, -0.2) is 19.1 Å². The number of benzene rings is 1. The van der Waals surface area contributed by atoms with Crippen LogP contribution in [0, 0.1) is 20.8 Å². The molecule has 1 heterocycles. The molecule has 2 rings (SSSR count). The Morgan fingerprint density at radius 3 is 2.44 bits per heavy atom. The number of quaternary nitrogens is 1. The van der Waals surface area contributed by atoms with Gasteiger partial charge in [-0.05, 0) is 37.3 Å². The van der Waals surface area contributed by atoms with Crippen LogP contribution in [0.3, 0.4) is 0 Å². The lowest BCUT2D eigenvalue weighted by Crippen LogP contribution is -3.04. The van der Waals surface area contributed by atoms with E-state index in [1.54, 1.807) is 0 Å². The van der Waals surface area contributed by atoms with Crippen molar-refractivity contribution >= 4 is 10.9 Å². The van der Waals surface area contributed by atoms with Gasteiger partial charge in [-0.15, -0.1) is 0 Å². The van der Waals surface area contributed by atoms with Gasteiger partial charge in [-0.3, -0.25) is 4.98 Å². The predicted octanol–water partition coefficient (Wildman–Crippen LogP) is 0.878. The second-order valence-corrected chi connectivity index (χ2v) is 5.29. The predicted molar refractivity (Wildman–Crippen MR) is 71.9 cm³/mol. The smallest absolute Gasteiger partial charge is 0.104 e. The summed E-state index contributed by atoms with van der Waals surface area (Å²) in [6.07, 6.45) is 0. The molecule has 0 bridgehead atoms. The van der Waals surface area contributed by atoms with Crippen molar-refractivity contribution in [3.63, 3.8) is 0 Å². The third-order valence-corrected chi connectivity index (χ3v) is 3.47. The number of nitrogens with zero attached hydrogens (tertiary/aromatic N) is 1. The zero-order chi connectivity index (χ0) is 13.4. The van der Waals surface area contributed by atoms with Gasteiger partial charge in [0.1, 0.15) is 6.54 Å². The highest BCUT2D eigenvalue weighted by atomic mass is 16.3. The molecule has 3 nitrogen and oxygen atoms in total. The first-order chi connectivity index (χ1) is 8.41. The molecule has 0 fully saturated rings. The molecule has 0 aliphatic carbocycles. The number of hydrogen-bond acceptors (Lipinski definition) is 2. The van der Waals surface area contributed by atoms with Crippen molar-refractivity contribution in [2.24, 2.45) is 0 Å². The summed E-state index contributed by atoms with van der Waals surface area (Å²) in [5, 5.41) is 13.2. The van der Waals surface area contributed by atoms with Crippen LogP contribution < -0.4 is 10.0 Å². The third kappa shape index (κ3) is 2.06. The summed E-state index contributed by atoms with van der Waals surface area (Å²) in [5.74, 6) is 0.141. The number of aromatic nitrogens is 1. The van der Waals surface area contributed by atoms with Gasteiger partial charge in [-0.1, -0.05) is 17.9 Å². The van der Waals surface area contributed by atoms with Gasteiger partial charge in [0.05, 0.1) is 19.6 Å². The summed E-state index contributed by atoms with van der Waals surface area (Å²) < 4.78 is 0. The van der Waals surface area contributed by atoms with Crippen LogP contribution in [0.4, 0.5) is 0 Å². The van der Waals surface area contributed by atoms with Crippen molar-refractivity contribution in [3.05, 3.63) is 34.5 Å². The normalized spacial score (nSPS) is 11.4. The molecule has 3 heteroatoms. The summed E-state index contributed by atoms with van der Waals surface area (Å²) in [6, 6.07) is 3.91. The van der Waals surface area contributed by atoms with Crippen molar-refractivity contribution in [1.29, 1.82) is 0 Å². The van der Waals surface area contributed by atoms with Gasteiger partial charge < -0.3 is 10.0 Å². The zero-order valence-corrected chi connectivity index (χ0v) is 11.7. The molecule has 0 atom stereocenters. The Labute approximate surface area is 108 Å². The highest BCUT2D eigenvalue weighted by molar-refractivity contribution is 5.89. The Hall–Kier alpha value is -1.61. The molecule has 0 saturated carbocycles. The molecule has 96 valence electrons. The Kier molecular flexibility index (Phi) is 3.26. The van der Waals surface area contributed by atoms with Crippen LogP contribution >= 0.6 is 0 Å². The molecule has 1 aromatic carbocycles. The van der Waals surface area contributed by atoms with Gasteiger partial charge >= 0.3 is 0 Å². The maximum Gasteiger partial charge on any atom is 0.104 e. The monoisotopic (exact) mass is 244 g/mol. The highest BCUT2D eigenvalue weighted by Gasteiger charge is 2.11. The standard InChI is InChI=1S/C15H20N2O/c1-9-6-7-12-14(10(9)2)16-11(3)13(15(12)18)8-17(4)5/h6-7H,8H2,1-5H3,(H,16,18). The number of aryl methyl sites for hydroxylation is 3. The lowest BCUT2D eigenvalue weighted by molar-refractivity contribution is -0.872. The SMILES string of the molecule is Cc1ccc2c([O-])c(C[NH+](C)C)c(C)nc2c1C. The van der Waals surface area contributed by atoms with E-state index in [4.69, 9.17) is 0 Å². The van der Waals surface area contributed by atoms with E-state index in [0.717, 1.165) is 34.3 Å². The molecular weight excluding hydrogens is 224 g/mol. The summed E-state index contributed by atoms with van der Waals surface area (Å²) in [7, 11) is 4.09. The quantitative estimate of drug-likeness (QED) is 0.852. The second-order valence-electron chi connectivity index (χ2n) is 5.29. The Morgan fingerprint density at radius 2 is 1.83 bits per heavy atom. The largest absolute Gasteiger partial charge is 0.872 e.